The van der Waals surface area contributed by atoms with Crippen molar-refractivity contribution in [1.82, 2.24) is 9.66 Å². The van der Waals surface area contributed by atoms with Crippen LogP contribution in [0.5, 0.6) is 5.75 Å². The van der Waals surface area contributed by atoms with Crippen LogP contribution in [0, 0.1) is 6.92 Å². The Morgan fingerprint density at radius 3 is 2.70 bits per heavy atom. The first kappa shape index (κ1) is 19.4. The van der Waals surface area contributed by atoms with Gasteiger partial charge in [-0.05, 0) is 38.5 Å². The van der Waals surface area contributed by atoms with Crippen LogP contribution in [0.2, 0.25) is 0 Å². The first-order valence-corrected chi connectivity index (χ1v) is 10.9. The van der Waals surface area contributed by atoms with Crippen molar-refractivity contribution >= 4 is 31.3 Å². The molecule has 0 spiro atoms. The third kappa shape index (κ3) is 3.72. The Hall–Kier alpha value is -2.32. The molecule has 0 unspecified atom stereocenters. The van der Waals surface area contributed by atoms with Crippen LogP contribution in [0.4, 0.5) is 0 Å². The number of hydrogen-bond donors (Lipinski definition) is 1. The van der Waals surface area contributed by atoms with E-state index in [1.807, 2.05) is 18.5 Å². The summed E-state index contributed by atoms with van der Waals surface area (Å²) in [6.45, 7) is 10.3. The van der Waals surface area contributed by atoms with Crippen LogP contribution in [0.15, 0.2) is 34.7 Å². The van der Waals surface area contributed by atoms with Gasteiger partial charge in [0.25, 0.3) is 9.05 Å². The maximum absolute atomic E-state index is 11.8. The summed E-state index contributed by atoms with van der Waals surface area (Å²) in [6.07, 6.45) is 1.71. The number of aliphatic imine (C=N–C) groups is 1. The van der Waals surface area contributed by atoms with Crippen molar-refractivity contribution in [3.05, 3.63) is 47.6 Å². The summed E-state index contributed by atoms with van der Waals surface area (Å²) in [5, 5.41) is 0. The molecule has 9 heteroatoms. The maximum Gasteiger partial charge on any atom is 0.261 e. The molecular weight excluding hydrogens is 388 g/mol. The Labute approximate surface area is 163 Å². The molecule has 144 valence electrons. The van der Waals surface area contributed by atoms with Crippen LogP contribution in [0.1, 0.15) is 43.0 Å². The lowest BCUT2D eigenvalue weighted by Crippen LogP contribution is -2.31. The fourth-order valence-electron chi connectivity index (χ4n) is 3.00. The number of nitrogens with zero attached hydrogens (tertiary/aromatic N) is 3. The van der Waals surface area contributed by atoms with Crippen LogP contribution in [0.3, 0.4) is 0 Å². The van der Waals surface area contributed by atoms with E-state index in [0.717, 1.165) is 30.1 Å². The molecule has 2 heterocycles. The van der Waals surface area contributed by atoms with Crippen molar-refractivity contribution < 1.29 is 13.2 Å². The second-order valence-electron chi connectivity index (χ2n) is 6.10. The molecule has 0 atom stereocenters. The number of benzene rings is 1. The lowest BCUT2D eigenvalue weighted by molar-refractivity contribution is 0.339. The number of ether oxygens (including phenoxy) is 1. The van der Waals surface area contributed by atoms with Gasteiger partial charge in [-0.15, -0.1) is 0 Å². The molecule has 27 heavy (non-hydrogen) atoms. The minimum Gasteiger partial charge on any atom is -0.493 e. The van der Waals surface area contributed by atoms with E-state index in [4.69, 9.17) is 15.4 Å². The summed E-state index contributed by atoms with van der Waals surface area (Å²) in [6, 6.07) is 4.42. The van der Waals surface area contributed by atoms with Gasteiger partial charge in [-0.1, -0.05) is 13.5 Å². The molecule has 2 aromatic rings. The minimum atomic E-state index is -3.89. The van der Waals surface area contributed by atoms with E-state index >= 15 is 0 Å². The summed E-state index contributed by atoms with van der Waals surface area (Å²) in [4.78, 5) is 9.09. The van der Waals surface area contributed by atoms with Crippen LogP contribution >= 0.6 is 10.7 Å². The molecule has 3 rings (SSSR count). The van der Waals surface area contributed by atoms with Gasteiger partial charge >= 0.3 is 0 Å². The molecule has 1 aliphatic rings. The third-order valence-electron chi connectivity index (χ3n) is 4.12. The van der Waals surface area contributed by atoms with Crippen LogP contribution < -0.4 is 10.2 Å². The van der Waals surface area contributed by atoms with Crippen molar-refractivity contribution in [2.24, 2.45) is 4.99 Å². The quantitative estimate of drug-likeness (QED) is 0.740. The van der Waals surface area contributed by atoms with Gasteiger partial charge in [-0.3, -0.25) is 5.43 Å². The van der Waals surface area contributed by atoms with E-state index in [0.29, 0.717) is 29.5 Å². The standard InChI is InChI=1S/C18H21ClN4O3S/c1-5-7-16-20-11(3)17-12(4)21-18(22-23(16)17)14-10-13(27(19,24)25)8-9-15(14)26-6-2/h8-10H,4-7H2,1-3H3,(H,21,22). The van der Waals surface area contributed by atoms with E-state index in [1.165, 1.54) is 12.1 Å². The van der Waals surface area contributed by atoms with E-state index in [1.54, 1.807) is 6.07 Å². The number of aromatic nitrogens is 2. The van der Waals surface area contributed by atoms with Gasteiger partial charge in [0, 0.05) is 17.1 Å². The number of fused-ring (bicyclic) bond motifs is 1. The lowest BCUT2D eigenvalue weighted by Gasteiger charge is -2.23. The van der Waals surface area contributed by atoms with Gasteiger partial charge in [0.15, 0.2) is 5.84 Å². The first-order chi connectivity index (χ1) is 12.8. The fraction of sp³-hybridized carbons (Fsp3) is 0.333. The zero-order valence-electron chi connectivity index (χ0n) is 15.4. The number of amidine groups is 1. The van der Waals surface area contributed by atoms with Crippen molar-refractivity contribution in [2.75, 3.05) is 12.0 Å². The third-order valence-corrected chi connectivity index (χ3v) is 5.47. The predicted molar refractivity (Wildman–Crippen MR) is 107 cm³/mol. The molecular formula is C18H21ClN4O3S. The van der Waals surface area contributed by atoms with Gasteiger partial charge in [-0.25, -0.2) is 23.1 Å². The second kappa shape index (κ2) is 7.36. The van der Waals surface area contributed by atoms with E-state index in [2.05, 4.69) is 28.9 Å². The summed E-state index contributed by atoms with van der Waals surface area (Å²) >= 11 is 0. The Morgan fingerprint density at radius 2 is 2.07 bits per heavy atom. The molecule has 1 aliphatic heterocycles. The van der Waals surface area contributed by atoms with Crippen LogP contribution in [0.25, 0.3) is 5.70 Å². The Balaban J connectivity index is 2.13. The molecule has 0 fully saturated rings. The van der Waals surface area contributed by atoms with Gasteiger partial charge in [-0.2, -0.15) is 0 Å². The monoisotopic (exact) mass is 408 g/mol. The highest BCUT2D eigenvalue weighted by Crippen LogP contribution is 2.30. The smallest absolute Gasteiger partial charge is 0.261 e. The molecule has 1 aromatic heterocycles. The van der Waals surface area contributed by atoms with Gasteiger partial charge in [0.1, 0.15) is 17.3 Å². The summed E-state index contributed by atoms with van der Waals surface area (Å²) in [5.74, 6) is 1.78. The molecule has 0 amide bonds. The van der Waals surface area contributed by atoms with E-state index in [9.17, 15) is 8.42 Å². The molecule has 0 bridgehead atoms. The van der Waals surface area contributed by atoms with Gasteiger partial charge in [0.2, 0.25) is 0 Å². The average molecular weight is 409 g/mol. The molecule has 1 N–H and O–H groups in total. The number of nitrogens with one attached hydrogen (secondary N) is 1. The predicted octanol–water partition coefficient (Wildman–Crippen LogP) is 3.44. The molecule has 0 saturated carbocycles. The Morgan fingerprint density at radius 1 is 1.33 bits per heavy atom. The number of hydrogen-bond acceptors (Lipinski definition) is 6. The molecule has 0 saturated heterocycles. The summed E-state index contributed by atoms with van der Waals surface area (Å²) in [7, 11) is 1.63. The molecule has 0 aliphatic carbocycles. The highest BCUT2D eigenvalue weighted by Gasteiger charge is 2.25. The summed E-state index contributed by atoms with van der Waals surface area (Å²) in [5.41, 5.74) is 5.89. The molecule has 7 nitrogen and oxygen atoms in total. The lowest BCUT2D eigenvalue weighted by atomic mass is 10.1. The fourth-order valence-corrected chi connectivity index (χ4v) is 3.78. The topological polar surface area (TPSA) is 85.6 Å². The van der Waals surface area contributed by atoms with Crippen LogP contribution in [-0.4, -0.2) is 30.5 Å². The molecule has 1 aromatic carbocycles. The number of imidazole rings is 1. The van der Waals surface area contributed by atoms with Gasteiger partial charge < -0.3 is 4.74 Å². The minimum absolute atomic E-state index is 0.0286. The largest absolute Gasteiger partial charge is 0.493 e. The van der Waals surface area contributed by atoms with E-state index < -0.39 is 9.05 Å². The number of halogens is 1. The second-order valence-corrected chi connectivity index (χ2v) is 8.66. The Bertz CT molecular complexity index is 1040. The van der Waals surface area contributed by atoms with Crippen molar-refractivity contribution in [3.8, 4) is 5.75 Å². The first-order valence-electron chi connectivity index (χ1n) is 8.61. The Kier molecular flexibility index (Phi) is 5.30. The SMILES string of the molecule is C=C1N=C(c2cc(S(=O)(=O)Cl)ccc2OCC)Nn2c(CCC)nc(C)c21. The van der Waals surface area contributed by atoms with Crippen molar-refractivity contribution in [3.63, 3.8) is 0 Å². The highest BCUT2D eigenvalue weighted by atomic mass is 35.7. The van der Waals surface area contributed by atoms with Gasteiger partial charge in [0.05, 0.1) is 28.5 Å². The van der Waals surface area contributed by atoms with E-state index in [-0.39, 0.29) is 4.90 Å². The summed E-state index contributed by atoms with van der Waals surface area (Å²) < 4.78 is 31.0. The van der Waals surface area contributed by atoms with Crippen molar-refractivity contribution in [2.45, 2.75) is 38.5 Å². The molecule has 0 radical (unpaired) electrons. The maximum atomic E-state index is 11.8. The van der Waals surface area contributed by atoms with Crippen molar-refractivity contribution in [1.29, 1.82) is 0 Å². The average Bonchev–Trinajstić information content (AvgIpc) is 2.91. The normalized spacial score (nSPS) is 13.8. The number of rotatable bonds is 6. The number of aryl methyl sites for hydroxylation is 2. The van der Waals surface area contributed by atoms with Crippen LogP contribution in [-0.2, 0) is 15.5 Å². The highest BCUT2D eigenvalue weighted by molar-refractivity contribution is 8.13. The zero-order valence-corrected chi connectivity index (χ0v) is 17.0. The zero-order chi connectivity index (χ0) is 19.8.